The molecule has 6 heteroatoms. The number of thioether (sulfide) groups is 1. The van der Waals surface area contributed by atoms with Gasteiger partial charge in [0.15, 0.2) is 0 Å². The second kappa shape index (κ2) is 7.78. The number of carbonyl (C=O) groups is 1. The molecule has 4 nitrogen and oxygen atoms in total. The Balaban J connectivity index is 2.51. The molecule has 1 heterocycles. The number of hydrogen-bond acceptors (Lipinski definition) is 5. The maximum Gasteiger partial charge on any atom is 0.275 e. The predicted octanol–water partition coefficient (Wildman–Crippen LogP) is 1.92. The molecular formula is C12H21N3OS2. The van der Waals surface area contributed by atoms with Crippen LogP contribution < -0.4 is 11.3 Å². The molecule has 0 aliphatic rings. The average molecular weight is 287 g/mol. The van der Waals surface area contributed by atoms with Crippen molar-refractivity contribution in [1.29, 1.82) is 0 Å². The summed E-state index contributed by atoms with van der Waals surface area (Å²) in [6, 6.07) is 4.36. The molecule has 0 bridgehead atoms. The number of rotatable bonds is 7. The van der Waals surface area contributed by atoms with E-state index in [0.717, 1.165) is 6.54 Å². The van der Waals surface area contributed by atoms with Crippen LogP contribution in [-0.2, 0) is 6.54 Å². The summed E-state index contributed by atoms with van der Waals surface area (Å²) in [6.07, 6.45) is 3.31. The van der Waals surface area contributed by atoms with E-state index < -0.39 is 0 Å². The van der Waals surface area contributed by atoms with E-state index in [2.05, 4.69) is 30.6 Å². The maximum atomic E-state index is 11.3. The molecule has 0 saturated heterocycles. The van der Waals surface area contributed by atoms with Gasteiger partial charge in [-0.15, -0.1) is 11.3 Å². The Hall–Kier alpha value is -0.560. The van der Waals surface area contributed by atoms with Crippen molar-refractivity contribution in [1.82, 2.24) is 10.3 Å². The lowest BCUT2D eigenvalue weighted by molar-refractivity contribution is 0.0957. The molecule has 1 aromatic rings. The summed E-state index contributed by atoms with van der Waals surface area (Å²) >= 11 is 3.37. The molecule has 3 N–H and O–H groups in total. The Kier molecular flexibility index (Phi) is 6.70. The van der Waals surface area contributed by atoms with Crippen LogP contribution in [0.4, 0.5) is 0 Å². The van der Waals surface area contributed by atoms with Crippen molar-refractivity contribution < 1.29 is 4.79 Å². The summed E-state index contributed by atoms with van der Waals surface area (Å²) in [5, 5.41) is 0. The zero-order valence-electron chi connectivity index (χ0n) is 11.1. The highest BCUT2D eigenvalue weighted by atomic mass is 32.2. The Morgan fingerprint density at radius 3 is 2.94 bits per heavy atom. The van der Waals surface area contributed by atoms with Crippen molar-refractivity contribution in [3.05, 3.63) is 21.9 Å². The monoisotopic (exact) mass is 287 g/mol. The summed E-state index contributed by atoms with van der Waals surface area (Å²) < 4.78 is 0. The number of amides is 1. The summed E-state index contributed by atoms with van der Waals surface area (Å²) in [4.78, 5) is 15.5. The highest BCUT2D eigenvalue weighted by Crippen LogP contribution is 2.19. The van der Waals surface area contributed by atoms with Crippen LogP contribution in [0.3, 0.4) is 0 Å². The van der Waals surface area contributed by atoms with Gasteiger partial charge in [-0.1, -0.05) is 0 Å². The Morgan fingerprint density at radius 2 is 2.33 bits per heavy atom. The number of hydrogen-bond donors (Lipinski definition) is 2. The molecule has 1 unspecified atom stereocenters. The van der Waals surface area contributed by atoms with E-state index in [-0.39, 0.29) is 5.91 Å². The fourth-order valence-electron chi connectivity index (χ4n) is 1.57. The minimum atomic E-state index is -0.218. The molecule has 0 radical (unpaired) electrons. The van der Waals surface area contributed by atoms with Crippen molar-refractivity contribution in [2.75, 3.05) is 19.1 Å². The molecule has 0 spiro atoms. The number of nitrogen functional groups attached to an aromatic ring is 1. The van der Waals surface area contributed by atoms with Crippen molar-refractivity contribution in [3.63, 3.8) is 0 Å². The van der Waals surface area contributed by atoms with Gasteiger partial charge in [-0.2, -0.15) is 11.8 Å². The highest BCUT2D eigenvalue weighted by molar-refractivity contribution is 7.98. The largest absolute Gasteiger partial charge is 0.299 e. The summed E-state index contributed by atoms with van der Waals surface area (Å²) in [6.45, 7) is 3.11. The quantitative estimate of drug-likeness (QED) is 0.457. The SMILES string of the molecule is CSCCC(C)N(C)Cc1ccc(C(=O)NN)s1. The average Bonchev–Trinajstić information content (AvgIpc) is 2.83. The van der Waals surface area contributed by atoms with Gasteiger partial charge >= 0.3 is 0 Å². The third kappa shape index (κ3) is 4.61. The van der Waals surface area contributed by atoms with E-state index >= 15 is 0 Å². The molecule has 0 aliphatic carbocycles. The van der Waals surface area contributed by atoms with Crippen molar-refractivity contribution in [2.45, 2.75) is 25.9 Å². The van der Waals surface area contributed by atoms with E-state index in [1.54, 1.807) is 0 Å². The molecule has 0 aliphatic heterocycles. The number of nitrogens with zero attached hydrogens (tertiary/aromatic N) is 1. The first-order valence-corrected chi connectivity index (χ1v) is 8.08. The fourth-order valence-corrected chi connectivity index (χ4v) is 3.12. The van der Waals surface area contributed by atoms with Gasteiger partial charge in [0.05, 0.1) is 4.88 Å². The first-order chi connectivity index (χ1) is 8.58. The van der Waals surface area contributed by atoms with Gasteiger partial charge in [-0.3, -0.25) is 15.1 Å². The van der Waals surface area contributed by atoms with Crippen LogP contribution in [0.2, 0.25) is 0 Å². The number of hydrazine groups is 1. The Bertz CT molecular complexity index is 381. The minimum Gasteiger partial charge on any atom is -0.299 e. The van der Waals surface area contributed by atoms with Gasteiger partial charge in [0.25, 0.3) is 5.91 Å². The molecule has 1 atom stereocenters. The smallest absolute Gasteiger partial charge is 0.275 e. The van der Waals surface area contributed by atoms with Gasteiger partial charge in [0.2, 0.25) is 0 Å². The molecule has 0 fully saturated rings. The molecule has 0 aromatic carbocycles. The van der Waals surface area contributed by atoms with Crippen LogP contribution in [0.5, 0.6) is 0 Å². The second-order valence-corrected chi connectivity index (χ2v) is 6.44. The summed E-state index contributed by atoms with van der Waals surface area (Å²) in [7, 11) is 2.12. The van der Waals surface area contributed by atoms with Crippen LogP contribution in [0.1, 0.15) is 27.9 Å². The zero-order valence-corrected chi connectivity index (χ0v) is 12.7. The van der Waals surface area contributed by atoms with E-state index in [1.807, 2.05) is 23.9 Å². The Morgan fingerprint density at radius 1 is 1.61 bits per heavy atom. The first kappa shape index (κ1) is 15.5. The number of nitrogens with two attached hydrogens (primary N) is 1. The van der Waals surface area contributed by atoms with Crippen molar-refractivity contribution in [2.24, 2.45) is 5.84 Å². The third-order valence-corrected chi connectivity index (χ3v) is 4.63. The van der Waals surface area contributed by atoms with E-state index in [1.165, 1.54) is 28.4 Å². The molecule has 0 saturated carbocycles. The first-order valence-electron chi connectivity index (χ1n) is 5.87. The molecule has 102 valence electrons. The van der Waals surface area contributed by atoms with E-state index in [9.17, 15) is 4.79 Å². The standard InChI is InChI=1S/C12H21N3OS2/c1-9(6-7-17-3)15(2)8-10-4-5-11(18-10)12(16)14-13/h4-5,9H,6-8,13H2,1-3H3,(H,14,16). The lowest BCUT2D eigenvalue weighted by Crippen LogP contribution is -2.29. The lowest BCUT2D eigenvalue weighted by atomic mass is 10.2. The number of carbonyl (C=O) groups excluding carboxylic acids is 1. The van der Waals surface area contributed by atoms with Crippen LogP contribution in [0, 0.1) is 0 Å². The maximum absolute atomic E-state index is 11.3. The topological polar surface area (TPSA) is 58.4 Å². The van der Waals surface area contributed by atoms with Crippen LogP contribution in [-0.4, -0.2) is 35.9 Å². The van der Waals surface area contributed by atoms with E-state index in [4.69, 9.17) is 5.84 Å². The minimum absolute atomic E-state index is 0.218. The summed E-state index contributed by atoms with van der Waals surface area (Å²) in [5.41, 5.74) is 2.15. The molecule has 18 heavy (non-hydrogen) atoms. The van der Waals surface area contributed by atoms with Gasteiger partial charge in [-0.25, -0.2) is 5.84 Å². The zero-order chi connectivity index (χ0) is 13.5. The predicted molar refractivity (Wildman–Crippen MR) is 79.9 cm³/mol. The van der Waals surface area contributed by atoms with Crippen molar-refractivity contribution >= 4 is 29.0 Å². The normalized spacial score (nSPS) is 12.7. The van der Waals surface area contributed by atoms with Crippen molar-refractivity contribution in [3.8, 4) is 0 Å². The second-order valence-electron chi connectivity index (χ2n) is 4.29. The van der Waals surface area contributed by atoms with Crippen LogP contribution >= 0.6 is 23.1 Å². The highest BCUT2D eigenvalue weighted by Gasteiger charge is 2.12. The summed E-state index contributed by atoms with van der Waals surface area (Å²) in [5.74, 6) is 6.07. The van der Waals surface area contributed by atoms with Gasteiger partial charge in [0.1, 0.15) is 0 Å². The fraction of sp³-hybridized carbons (Fsp3) is 0.583. The third-order valence-electron chi connectivity index (χ3n) is 2.91. The Labute approximate surface area is 117 Å². The van der Waals surface area contributed by atoms with Gasteiger partial charge < -0.3 is 0 Å². The lowest BCUT2D eigenvalue weighted by Gasteiger charge is -2.23. The van der Waals surface area contributed by atoms with Crippen LogP contribution in [0.25, 0.3) is 0 Å². The molecule has 1 aromatic heterocycles. The molecule has 1 amide bonds. The van der Waals surface area contributed by atoms with Crippen LogP contribution in [0.15, 0.2) is 12.1 Å². The van der Waals surface area contributed by atoms with E-state index in [0.29, 0.717) is 10.9 Å². The number of thiophene rings is 1. The molecule has 1 rings (SSSR count). The van der Waals surface area contributed by atoms with Gasteiger partial charge in [0, 0.05) is 17.5 Å². The number of nitrogens with one attached hydrogen (secondary N) is 1. The van der Waals surface area contributed by atoms with Gasteiger partial charge in [-0.05, 0) is 44.5 Å². The molecular weight excluding hydrogens is 266 g/mol.